The van der Waals surface area contributed by atoms with Gasteiger partial charge in [0.05, 0.1) is 5.69 Å². The van der Waals surface area contributed by atoms with Gasteiger partial charge in [-0.05, 0) is 53.2 Å². The summed E-state index contributed by atoms with van der Waals surface area (Å²) in [6.45, 7) is 1.75. The molecule has 0 aliphatic carbocycles. The molecule has 0 saturated carbocycles. The number of aromatic amines is 1. The number of hydrogen-bond donors (Lipinski definition) is 2. The van der Waals surface area contributed by atoms with Gasteiger partial charge in [0.2, 0.25) is 0 Å². The second kappa shape index (κ2) is 5.59. The molecule has 1 amide bonds. The molecule has 0 saturated heterocycles. The van der Waals surface area contributed by atoms with Gasteiger partial charge in [-0.2, -0.15) is 0 Å². The molecule has 0 aliphatic heterocycles. The molecule has 6 heteroatoms. The van der Waals surface area contributed by atoms with Gasteiger partial charge in [-0.3, -0.25) is 9.59 Å². The van der Waals surface area contributed by atoms with Crippen LogP contribution in [0.1, 0.15) is 16.1 Å². The standard InChI is InChI=1S/C13H10BrClN2O2/c1-7-2-4-9(12(18)16-7)13(19)17-11-5-3-8(15)6-10(11)14/h2-6H,1H3,(H,16,18)(H,17,19). The number of amides is 1. The Morgan fingerprint density at radius 3 is 2.68 bits per heavy atom. The molecule has 1 aromatic carbocycles. The van der Waals surface area contributed by atoms with Crippen LogP contribution in [0, 0.1) is 6.92 Å². The van der Waals surface area contributed by atoms with E-state index in [-0.39, 0.29) is 5.56 Å². The van der Waals surface area contributed by atoms with Crippen molar-refractivity contribution in [1.82, 2.24) is 4.98 Å². The van der Waals surface area contributed by atoms with Crippen LogP contribution in [0.2, 0.25) is 5.02 Å². The molecular formula is C13H10BrClN2O2. The Balaban J connectivity index is 2.28. The maximum absolute atomic E-state index is 12.0. The number of halogens is 2. The van der Waals surface area contributed by atoms with Crippen molar-refractivity contribution in [3.8, 4) is 0 Å². The zero-order chi connectivity index (χ0) is 14.0. The molecule has 0 spiro atoms. The van der Waals surface area contributed by atoms with Crippen LogP contribution in [0.4, 0.5) is 5.69 Å². The third-order valence-corrected chi connectivity index (χ3v) is 3.37. The topological polar surface area (TPSA) is 62.0 Å². The normalized spacial score (nSPS) is 10.3. The number of aryl methyl sites for hydroxylation is 1. The number of hydrogen-bond acceptors (Lipinski definition) is 2. The molecule has 98 valence electrons. The zero-order valence-corrected chi connectivity index (χ0v) is 12.3. The molecule has 0 radical (unpaired) electrons. The van der Waals surface area contributed by atoms with Crippen molar-refractivity contribution in [3.63, 3.8) is 0 Å². The predicted octanol–water partition coefficient (Wildman–Crippen LogP) is 3.35. The van der Waals surface area contributed by atoms with Crippen molar-refractivity contribution in [1.29, 1.82) is 0 Å². The van der Waals surface area contributed by atoms with Gasteiger partial charge in [0.25, 0.3) is 11.5 Å². The van der Waals surface area contributed by atoms with Crippen LogP contribution in [-0.4, -0.2) is 10.9 Å². The number of nitrogens with one attached hydrogen (secondary N) is 2. The van der Waals surface area contributed by atoms with Crippen LogP contribution in [-0.2, 0) is 0 Å². The van der Waals surface area contributed by atoms with Gasteiger partial charge in [-0.1, -0.05) is 11.6 Å². The molecule has 0 bridgehead atoms. The SMILES string of the molecule is Cc1ccc(C(=O)Nc2ccc(Cl)cc2Br)c(=O)[nH]1. The quantitative estimate of drug-likeness (QED) is 0.880. The number of aromatic nitrogens is 1. The fourth-order valence-electron chi connectivity index (χ4n) is 1.53. The van der Waals surface area contributed by atoms with Crippen molar-refractivity contribution in [3.05, 3.63) is 61.4 Å². The maximum atomic E-state index is 12.0. The predicted molar refractivity (Wildman–Crippen MR) is 78.9 cm³/mol. The van der Waals surface area contributed by atoms with E-state index >= 15 is 0 Å². The van der Waals surface area contributed by atoms with Crippen molar-refractivity contribution in [2.24, 2.45) is 0 Å². The summed E-state index contributed by atoms with van der Waals surface area (Å²) in [5, 5.41) is 3.20. The van der Waals surface area contributed by atoms with Gasteiger partial charge in [0.15, 0.2) is 0 Å². The van der Waals surface area contributed by atoms with Crippen molar-refractivity contribution < 1.29 is 4.79 Å². The highest BCUT2D eigenvalue weighted by Crippen LogP contribution is 2.26. The third kappa shape index (κ3) is 3.24. The van der Waals surface area contributed by atoms with E-state index in [9.17, 15) is 9.59 Å². The molecule has 4 nitrogen and oxygen atoms in total. The first-order chi connectivity index (χ1) is 8.97. The van der Waals surface area contributed by atoms with Crippen LogP contribution in [0.15, 0.2) is 39.6 Å². The summed E-state index contributed by atoms with van der Waals surface area (Å²) in [6.07, 6.45) is 0. The van der Waals surface area contributed by atoms with Crippen LogP contribution < -0.4 is 10.9 Å². The van der Waals surface area contributed by atoms with E-state index in [0.717, 1.165) is 0 Å². The van der Waals surface area contributed by atoms with E-state index in [4.69, 9.17) is 11.6 Å². The van der Waals surface area contributed by atoms with E-state index < -0.39 is 11.5 Å². The highest BCUT2D eigenvalue weighted by molar-refractivity contribution is 9.10. The monoisotopic (exact) mass is 340 g/mol. The number of H-pyrrole nitrogens is 1. The molecular weight excluding hydrogens is 332 g/mol. The Morgan fingerprint density at radius 2 is 2.05 bits per heavy atom. The summed E-state index contributed by atoms with van der Waals surface area (Å²) >= 11 is 9.11. The molecule has 2 aromatic rings. The summed E-state index contributed by atoms with van der Waals surface area (Å²) in [5.41, 5.74) is 0.902. The second-order valence-corrected chi connectivity index (χ2v) is 5.25. The third-order valence-electron chi connectivity index (χ3n) is 2.48. The van der Waals surface area contributed by atoms with E-state index in [2.05, 4.69) is 26.2 Å². The van der Waals surface area contributed by atoms with Gasteiger partial charge >= 0.3 is 0 Å². The van der Waals surface area contributed by atoms with Gasteiger partial charge < -0.3 is 10.3 Å². The van der Waals surface area contributed by atoms with Crippen molar-refractivity contribution in [2.45, 2.75) is 6.92 Å². The minimum absolute atomic E-state index is 0.0625. The zero-order valence-electron chi connectivity index (χ0n) is 9.96. The molecule has 2 N–H and O–H groups in total. The number of carbonyl (C=O) groups is 1. The van der Waals surface area contributed by atoms with Crippen LogP contribution >= 0.6 is 27.5 Å². The summed E-state index contributed by atoms with van der Waals surface area (Å²) in [5.74, 6) is -0.468. The molecule has 19 heavy (non-hydrogen) atoms. The Kier molecular flexibility index (Phi) is 4.07. The fraction of sp³-hybridized carbons (Fsp3) is 0.0769. The molecule has 1 heterocycles. The highest BCUT2D eigenvalue weighted by Gasteiger charge is 2.12. The highest BCUT2D eigenvalue weighted by atomic mass is 79.9. The lowest BCUT2D eigenvalue weighted by atomic mass is 10.2. The Bertz CT molecular complexity index is 697. The fourth-order valence-corrected chi connectivity index (χ4v) is 2.31. The first-order valence-electron chi connectivity index (χ1n) is 5.43. The van der Waals surface area contributed by atoms with E-state index in [1.165, 1.54) is 6.07 Å². The number of anilines is 1. The molecule has 0 atom stereocenters. The van der Waals surface area contributed by atoms with Gasteiger partial charge in [0.1, 0.15) is 5.56 Å². The summed E-state index contributed by atoms with van der Waals surface area (Å²) in [6, 6.07) is 8.14. The van der Waals surface area contributed by atoms with Crippen LogP contribution in [0.3, 0.4) is 0 Å². The Hall–Kier alpha value is -1.59. The van der Waals surface area contributed by atoms with E-state index in [1.807, 2.05) is 0 Å². The van der Waals surface area contributed by atoms with E-state index in [1.54, 1.807) is 31.2 Å². The number of rotatable bonds is 2. The van der Waals surface area contributed by atoms with Crippen LogP contribution in [0.5, 0.6) is 0 Å². The molecule has 0 fully saturated rings. The number of benzene rings is 1. The lowest BCUT2D eigenvalue weighted by molar-refractivity contribution is 0.102. The Morgan fingerprint density at radius 1 is 1.32 bits per heavy atom. The lowest BCUT2D eigenvalue weighted by Crippen LogP contribution is -2.23. The first kappa shape index (κ1) is 13.8. The lowest BCUT2D eigenvalue weighted by Gasteiger charge is -2.07. The van der Waals surface area contributed by atoms with Crippen molar-refractivity contribution in [2.75, 3.05) is 5.32 Å². The van der Waals surface area contributed by atoms with Gasteiger partial charge in [-0.25, -0.2) is 0 Å². The molecule has 2 rings (SSSR count). The molecule has 0 unspecified atom stereocenters. The molecule has 1 aromatic heterocycles. The number of pyridine rings is 1. The Labute approximate surface area is 122 Å². The largest absolute Gasteiger partial charge is 0.326 e. The first-order valence-corrected chi connectivity index (χ1v) is 6.61. The number of carbonyl (C=O) groups excluding carboxylic acids is 1. The smallest absolute Gasteiger partial charge is 0.261 e. The van der Waals surface area contributed by atoms with Gasteiger partial charge in [0, 0.05) is 15.2 Å². The summed E-state index contributed by atoms with van der Waals surface area (Å²) in [4.78, 5) is 26.2. The maximum Gasteiger partial charge on any atom is 0.261 e. The van der Waals surface area contributed by atoms with Gasteiger partial charge in [-0.15, -0.1) is 0 Å². The average Bonchev–Trinajstić information content (AvgIpc) is 2.32. The second-order valence-electron chi connectivity index (χ2n) is 3.96. The minimum atomic E-state index is -0.468. The van der Waals surface area contributed by atoms with Crippen LogP contribution in [0.25, 0.3) is 0 Å². The minimum Gasteiger partial charge on any atom is -0.326 e. The molecule has 0 aliphatic rings. The summed E-state index contributed by atoms with van der Waals surface area (Å²) < 4.78 is 0.650. The summed E-state index contributed by atoms with van der Waals surface area (Å²) in [7, 11) is 0. The van der Waals surface area contributed by atoms with E-state index in [0.29, 0.717) is 20.9 Å². The van der Waals surface area contributed by atoms with Crippen molar-refractivity contribution >= 4 is 39.1 Å². The average molecular weight is 342 g/mol.